The Kier molecular flexibility index (Phi) is 5.19. The molecule has 0 amide bonds. The highest BCUT2D eigenvalue weighted by molar-refractivity contribution is 5.32. The van der Waals surface area contributed by atoms with Crippen LogP contribution in [-0.2, 0) is 4.74 Å². The number of piperidine rings is 1. The zero-order valence-corrected chi connectivity index (χ0v) is 13.1. The number of rotatable bonds is 4. The number of aliphatic hydroxyl groups excluding tert-OH is 1. The highest BCUT2D eigenvalue weighted by atomic mass is 16.5. The molecule has 3 atom stereocenters. The Morgan fingerprint density at radius 3 is 2.80 bits per heavy atom. The molecule has 1 aromatic rings. The molecule has 20 heavy (non-hydrogen) atoms. The fourth-order valence-corrected chi connectivity index (χ4v) is 3.11. The number of methoxy groups -OCH3 is 1. The van der Waals surface area contributed by atoms with Gasteiger partial charge in [0.1, 0.15) is 0 Å². The molecule has 1 aliphatic rings. The summed E-state index contributed by atoms with van der Waals surface area (Å²) in [5.41, 5.74) is 3.46. The summed E-state index contributed by atoms with van der Waals surface area (Å²) in [6.45, 7) is 9.05. The van der Waals surface area contributed by atoms with Crippen molar-refractivity contribution in [3.05, 3.63) is 34.9 Å². The van der Waals surface area contributed by atoms with E-state index in [1.54, 1.807) is 7.11 Å². The van der Waals surface area contributed by atoms with Crippen molar-refractivity contribution in [1.82, 2.24) is 4.90 Å². The largest absolute Gasteiger partial charge is 0.387 e. The molecule has 3 unspecified atom stereocenters. The molecule has 0 spiro atoms. The minimum Gasteiger partial charge on any atom is -0.387 e. The first-order chi connectivity index (χ1) is 9.51. The van der Waals surface area contributed by atoms with Crippen LogP contribution in [0.25, 0.3) is 0 Å². The minimum atomic E-state index is -0.415. The highest BCUT2D eigenvalue weighted by Gasteiger charge is 2.27. The number of hydrogen-bond acceptors (Lipinski definition) is 3. The number of likely N-dealkylation sites (tertiary alicyclic amines) is 1. The Balaban J connectivity index is 1.99. The number of aryl methyl sites for hydroxylation is 2. The Morgan fingerprint density at radius 2 is 2.15 bits per heavy atom. The zero-order valence-electron chi connectivity index (χ0n) is 13.1. The fourth-order valence-electron chi connectivity index (χ4n) is 3.11. The molecule has 2 rings (SSSR count). The molecular formula is C17H27NO2. The summed E-state index contributed by atoms with van der Waals surface area (Å²) in [5, 5.41) is 10.5. The van der Waals surface area contributed by atoms with Gasteiger partial charge in [0, 0.05) is 20.2 Å². The topological polar surface area (TPSA) is 32.7 Å². The molecule has 112 valence electrons. The normalized spacial score (nSPS) is 25.6. The predicted molar refractivity (Wildman–Crippen MR) is 81.9 cm³/mol. The lowest BCUT2D eigenvalue weighted by molar-refractivity contribution is -0.0181. The second kappa shape index (κ2) is 6.70. The fraction of sp³-hybridized carbons (Fsp3) is 0.647. The first kappa shape index (κ1) is 15.5. The van der Waals surface area contributed by atoms with Crippen LogP contribution in [0.2, 0.25) is 0 Å². The molecule has 1 fully saturated rings. The van der Waals surface area contributed by atoms with Crippen LogP contribution in [0.4, 0.5) is 0 Å². The van der Waals surface area contributed by atoms with Crippen molar-refractivity contribution in [2.75, 3.05) is 26.7 Å². The van der Waals surface area contributed by atoms with Crippen molar-refractivity contribution in [3.8, 4) is 0 Å². The molecule has 3 nitrogen and oxygen atoms in total. The SMILES string of the molecule is COC1CN(CC(O)c2ccc(C)cc2C)CCC1C. The van der Waals surface area contributed by atoms with Crippen LogP contribution < -0.4 is 0 Å². The Hall–Kier alpha value is -0.900. The number of benzene rings is 1. The van der Waals surface area contributed by atoms with Crippen LogP contribution in [0.1, 0.15) is 36.1 Å². The molecular weight excluding hydrogens is 250 g/mol. The smallest absolute Gasteiger partial charge is 0.0919 e. The summed E-state index contributed by atoms with van der Waals surface area (Å²) in [4.78, 5) is 2.32. The first-order valence-electron chi connectivity index (χ1n) is 7.51. The molecule has 0 saturated carbocycles. The van der Waals surface area contributed by atoms with Gasteiger partial charge in [0.25, 0.3) is 0 Å². The van der Waals surface area contributed by atoms with Crippen LogP contribution in [-0.4, -0.2) is 42.9 Å². The average Bonchev–Trinajstić information content (AvgIpc) is 2.40. The highest BCUT2D eigenvalue weighted by Crippen LogP contribution is 2.24. The molecule has 1 heterocycles. The summed E-state index contributed by atoms with van der Waals surface area (Å²) in [6.07, 6.45) is 1.01. The lowest BCUT2D eigenvalue weighted by Gasteiger charge is -2.37. The van der Waals surface area contributed by atoms with E-state index < -0.39 is 6.10 Å². The van der Waals surface area contributed by atoms with Crippen molar-refractivity contribution in [2.24, 2.45) is 5.92 Å². The first-order valence-corrected chi connectivity index (χ1v) is 7.51. The lowest BCUT2D eigenvalue weighted by Crippen LogP contribution is -2.45. The lowest BCUT2D eigenvalue weighted by atomic mass is 9.94. The van der Waals surface area contributed by atoms with Crippen molar-refractivity contribution in [3.63, 3.8) is 0 Å². The Morgan fingerprint density at radius 1 is 1.40 bits per heavy atom. The van der Waals surface area contributed by atoms with Gasteiger partial charge in [-0.25, -0.2) is 0 Å². The summed E-state index contributed by atoms with van der Waals surface area (Å²) < 4.78 is 5.54. The van der Waals surface area contributed by atoms with Gasteiger partial charge in [-0.1, -0.05) is 30.7 Å². The third-order valence-electron chi connectivity index (χ3n) is 4.49. The monoisotopic (exact) mass is 277 g/mol. The average molecular weight is 277 g/mol. The maximum Gasteiger partial charge on any atom is 0.0919 e. The minimum absolute atomic E-state index is 0.287. The van der Waals surface area contributed by atoms with E-state index in [1.807, 2.05) is 0 Å². The van der Waals surface area contributed by atoms with Gasteiger partial charge in [-0.15, -0.1) is 0 Å². The quantitative estimate of drug-likeness (QED) is 0.918. The maximum atomic E-state index is 10.5. The van der Waals surface area contributed by atoms with E-state index in [0.717, 1.165) is 25.1 Å². The second-order valence-electron chi connectivity index (χ2n) is 6.18. The maximum absolute atomic E-state index is 10.5. The van der Waals surface area contributed by atoms with E-state index in [-0.39, 0.29) is 6.10 Å². The number of ether oxygens (including phenoxy) is 1. The number of β-amino-alcohol motifs (C(OH)–C–C–N with tert-alkyl or cyclic N) is 1. The van der Waals surface area contributed by atoms with Crippen molar-refractivity contribution < 1.29 is 9.84 Å². The standard InChI is InChI=1S/C17H27NO2/c1-12-5-6-15(14(3)9-12)16(19)10-18-8-7-13(2)17(11-18)20-4/h5-6,9,13,16-17,19H,7-8,10-11H2,1-4H3. The second-order valence-corrected chi connectivity index (χ2v) is 6.18. The summed E-state index contributed by atoms with van der Waals surface area (Å²) >= 11 is 0. The molecule has 1 aromatic carbocycles. The van der Waals surface area contributed by atoms with Gasteiger partial charge in [0.15, 0.2) is 0 Å². The van der Waals surface area contributed by atoms with E-state index >= 15 is 0 Å². The molecule has 0 aliphatic carbocycles. The third kappa shape index (κ3) is 3.60. The summed E-state index contributed by atoms with van der Waals surface area (Å²) in [6, 6.07) is 6.26. The van der Waals surface area contributed by atoms with Gasteiger partial charge in [0.2, 0.25) is 0 Å². The van der Waals surface area contributed by atoms with E-state index in [9.17, 15) is 5.11 Å². The van der Waals surface area contributed by atoms with Crippen LogP contribution in [0.3, 0.4) is 0 Å². The van der Waals surface area contributed by atoms with E-state index in [0.29, 0.717) is 12.5 Å². The van der Waals surface area contributed by atoms with Gasteiger partial charge in [-0.3, -0.25) is 4.90 Å². The molecule has 0 radical (unpaired) electrons. The molecule has 1 aliphatic heterocycles. The van der Waals surface area contributed by atoms with E-state index in [2.05, 4.69) is 43.9 Å². The van der Waals surface area contributed by atoms with Crippen molar-refractivity contribution in [1.29, 1.82) is 0 Å². The van der Waals surface area contributed by atoms with Gasteiger partial charge < -0.3 is 9.84 Å². The molecule has 1 N–H and O–H groups in total. The molecule has 0 bridgehead atoms. The van der Waals surface area contributed by atoms with E-state index in [1.165, 1.54) is 11.1 Å². The van der Waals surface area contributed by atoms with Crippen LogP contribution in [0.15, 0.2) is 18.2 Å². The van der Waals surface area contributed by atoms with Gasteiger partial charge in [-0.05, 0) is 43.9 Å². The van der Waals surface area contributed by atoms with Gasteiger partial charge >= 0.3 is 0 Å². The van der Waals surface area contributed by atoms with Crippen molar-refractivity contribution >= 4 is 0 Å². The Labute approximate surface area is 122 Å². The van der Waals surface area contributed by atoms with Crippen molar-refractivity contribution in [2.45, 2.75) is 39.4 Å². The summed E-state index contributed by atoms with van der Waals surface area (Å²) in [5.74, 6) is 0.606. The van der Waals surface area contributed by atoms with Gasteiger partial charge in [-0.2, -0.15) is 0 Å². The zero-order chi connectivity index (χ0) is 14.7. The molecule has 3 heteroatoms. The van der Waals surface area contributed by atoms with Crippen LogP contribution >= 0.6 is 0 Å². The number of nitrogens with zero attached hydrogens (tertiary/aromatic N) is 1. The van der Waals surface area contributed by atoms with Crippen LogP contribution in [0.5, 0.6) is 0 Å². The summed E-state index contributed by atoms with van der Waals surface area (Å²) in [7, 11) is 1.78. The molecule has 1 saturated heterocycles. The predicted octanol–water partition coefficient (Wildman–Crippen LogP) is 2.69. The Bertz CT molecular complexity index is 447. The van der Waals surface area contributed by atoms with Gasteiger partial charge in [0.05, 0.1) is 12.2 Å². The number of hydrogen-bond donors (Lipinski definition) is 1. The van der Waals surface area contributed by atoms with Crippen LogP contribution in [0, 0.1) is 19.8 Å². The van der Waals surface area contributed by atoms with E-state index in [4.69, 9.17) is 4.74 Å². The third-order valence-corrected chi connectivity index (χ3v) is 4.49. The molecule has 0 aromatic heterocycles. The number of aliphatic hydroxyl groups is 1.